The van der Waals surface area contributed by atoms with Crippen molar-refractivity contribution in [2.75, 3.05) is 0 Å². The minimum Gasteiger partial charge on any atom is -0.476 e. The zero-order valence-corrected chi connectivity index (χ0v) is 12.8. The summed E-state index contributed by atoms with van der Waals surface area (Å²) in [5.41, 5.74) is 9.28. The second-order valence-electron chi connectivity index (χ2n) is 5.30. The fourth-order valence-corrected chi connectivity index (χ4v) is 2.52. The molecule has 0 atom stereocenters. The van der Waals surface area contributed by atoms with Crippen LogP contribution in [-0.2, 0) is 0 Å². The maximum Gasteiger partial charge on any atom is 0.358 e. The topological polar surface area (TPSA) is 122 Å². The van der Waals surface area contributed by atoms with E-state index in [1.54, 1.807) is 18.2 Å². The van der Waals surface area contributed by atoms with E-state index in [0.717, 1.165) is 16.7 Å². The minimum absolute atomic E-state index is 0.121. The Labute approximate surface area is 137 Å². The number of nitrogens with one attached hydrogen (secondary N) is 1. The minimum atomic E-state index is -1.14. The molecule has 3 aromatic rings. The Kier molecular flexibility index (Phi) is 3.83. The van der Waals surface area contributed by atoms with Gasteiger partial charge in [-0.2, -0.15) is 10.3 Å². The Bertz CT molecular complexity index is 929. The largest absolute Gasteiger partial charge is 0.476 e. The van der Waals surface area contributed by atoms with Gasteiger partial charge in [0.25, 0.3) is 0 Å². The van der Waals surface area contributed by atoms with E-state index >= 15 is 0 Å². The molecular weight excluding hydrogens is 308 g/mol. The van der Waals surface area contributed by atoms with Gasteiger partial charge in [0.1, 0.15) is 5.69 Å². The van der Waals surface area contributed by atoms with Crippen LogP contribution in [0.25, 0.3) is 22.4 Å². The highest BCUT2D eigenvalue weighted by Crippen LogP contribution is 2.26. The van der Waals surface area contributed by atoms with Crippen LogP contribution in [0, 0.1) is 6.92 Å². The molecule has 0 bridgehead atoms. The molecule has 3 rings (SSSR count). The van der Waals surface area contributed by atoms with Gasteiger partial charge in [0.15, 0.2) is 5.69 Å². The number of carboxylic acids is 1. The lowest BCUT2D eigenvalue weighted by atomic mass is 9.98. The highest BCUT2D eigenvalue weighted by Gasteiger charge is 2.16. The molecule has 0 unspecified atom stereocenters. The van der Waals surface area contributed by atoms with Gasteiger partial charge < -0.3 is 10.8 Å². The lowest BCUT2D eigenvalue weighted by Crippen LogP contribution is -2.12. The Balaban J connectivity index is 1.95. The van der Waals surface area contributed by atoms with Crippen molar-refractivity contribution < 1.29 is 14.7 Å². The van der Waals surface area contributed by atoms with Crippen molar-refractivity contribution in [3.8, 4) is 22.4 Å². The van der Waals surface area contributed by atoms with Gasteiger partial charge in [-0.25, -0.2) is 4.79 Å². The highest BCUT2D eigenvalue weighted by atomic mass is 16.4. The number of primary amides is 1. The summed E-state index contributed by atoms with van der Waals surface area (Å²) >= 11 is 0. The third-order valence-electron chi connectivity index (χ3n) is 3.73. The maximum absolute atomic E-state index is 11.3. The molecular formula is C17H14N4O3. The first-order valence-electron chi connectivity index (χ1n) is 7.12. The summed E-state index contributed by atoms with van der Waals surface area (Å²) in [7, 11) is 0. The number of hydrogen-bond acceptors (Lipinski definition) is 4. The van der Waals surface area contributed by atoms with E-state index in [1.165, 1.54) is 0 Å². The van der Waals surface area contributed by atoms with Crippen LogP contribution in [0.1, 0.15) is 26.4 Å². The van der Waals surface area contributed by atoms with Gasteiger partial charge in [0, 0.05) is 11.1 Å². The fourth-order valence-electron chi connectivity index (χ4n) is 2.52. The van der Waals surface area contributed by atoms with Crippen molar-refractivity contribution in [2.24, 2.45) is 5.73 Å². The number of aromatic carboxylic acids is 1. The molecule has 0 aliphatic heterocycles. The average molecular weight is 322 g/mol. The normalized spacial score (nSPS) is 10.5. The van der Waals surface area contributed by atoms with E-state index in [0.29, 0.717) is 11.1 Å². The summed E-state index contributed by atoms with van der Waals surface area (Å²) in [5, 5.41) is 18.9. The van der Waals surface area contributed by atoms with Crippen LogP contribution >= 0.6 is 0 Å². The molecule has 1 heterocycles. The SMILES string of the molecule is Cc1cc(-c2ccc(-c3n[nH]nc3C(=O)O)cc2)ccc1C(N)=O. The molecule has 7 nitrogen and oxygen atoms in total. The van der Waals surface area contributed by atoms with Crippen molar-refractivity contribution in [1.82, 2.24) is 15.4 Å². The number of nitrogens with zero attached hydrogens (tertiary/aromatic N) is 2. The molecule has 0 aliphatic rings. The number of benzene rings is 2. The van der Waals surface area contributed by atoms with E-state index in [4.69, 9.17) is 10.8 Å². The van der Waals surface area contributed by atoms with Crippen LogP contribution in [0.15, 0.2) is 42.5 Å². The van der Waals surface area contributed by atoms with E-state index in [2.05, 4.69) is 15.4 Å². The van der Waals surface area contributed by atoms with Crippen LogP contribution in [0.5, 0.6) is 0 Å². The maximum atomic E-state index is 11.3. The summed E-state index contributed by atoms with van der Waals surface area (Å²) in [5.74, 6) is -1.60. The van der Waals surface area contributed by atoms with Crippen LogP contribution < -0.4 is 5.73 Å². The number of carbonyl (C=O) groups is 2. The number of H-pyrrole nitrogens is 1. The second-order valence-corrected chi connectivity index (χ2v) is 5.30. The predicted octanol–water partition coefficient (Wildman–Crippen LogP) is 2.24. The number of nitrogens with two attached hydrogens (primary N) is 1. The smallest absolute Gasteiger partial charge is 0.358 e. The molecule has 1 amide bonds. The summed E-state index contributed by atoms with van der Waals surface area (Å²) in [6.45, 7) is 1.83. The summed E-state index contributed by atoms with van der Waals surface area (Å²) < 4.78 is 0. The van der Waals surface area contributed by atoms with E-state index in [9.17, 15) is 9.59 Å². The molecule has 2 aromatic carbocycles. The van der Waals surface area contributed by atoms with E-state index in [-0.39, 0.29) is 11.4 Å². The summed E-state index contributed by atoms with van der Waals surface area (Å²) in [4.78, 5) is 22.4. The van der Waals surface area contributed by atoms with Gasteiger partial charge >= 0.3 is 5.97 Å². The van der Waals surface area contributed by atoms with Crippen molar-refractivity contribution >= 4 is 11.9 Å². The van der Waals surface area contributed by atoms with Gasteiger partial charge in [0.05, 0.1) is 0 Å². The number of carboxylic acid groups (broad SMARTS) is 1. The molecule has 0 fully saturated rings. The average Bonchev–Trinajstić information content (AvgIpc) is 3.04. The molecule has 0 radical (unpaired) electrons. The van der Waals surface area contributed by atoms with Gasteiger partial charge in [0.2, 0.25) is 5.91 Å². The van der Waals surface area contributed by atoms with Crippen molar-refractivity contribution in [2.45, 2.75) is 6.92 Å². The quantitative estimate of drug-likeness (QED) is 0.680. The number of carbonyl (C=O) groups excluding carboxylic acids is 1. The predicted molar refractivity (Wildman–Crippen MR) is 87.5 cm³/mol. The Hall–Kier alpha value is -3.48. The zero-order chi connectivity index (χ0) is 17.3. The first kappa shape index (κ1) is 15.4. The monoisotopic (exact) mass is 322 g/mol. The Morgan fingerprint density at radius 2 is 1.62 bits per heavy atom. The number of aromatic nitrogens is 3. The number of aromatic amines is 1. The standard InChI is InChI=1S/C17H14N4O3/c1-9-8-12(6-7-13(9)16(18)22)10-2-4-11(5-3-10)14-15(17(23)24)20-21-19-14/h2-8H,1H3,(H2,18,22)(H,23,24)(H,19,20,21). The molecule has 1 aromatic heterocycles. The molecule has 7 heteroatoms. The second kappa shape index (κ2) is 5.96. The van der Waals surface area contributed by atoms with Crippen LogP contribution in [0.2, 0.25) is 0 Å². The van der Waals surface area contributed by atoms with E-state index in [1.807, 2.05) is 31.2 Å². The van der Waals surface area contributed by atoms with Gasteiger partial charge in [-0.3, -0.25) is 4.79 Å². The third-order valence-corrected chi connectivity index (χ3v) is 3.73. The van der Waals surface area contributed by atoms with Crippen molar-refractivity contribution in [3.63, 3.8) is 0 Å². The van der Waals surface area contributed by atoms with Gasteiger partial charge in [-0.15, -0.1) is 5.10 Å². The fraction of sp³-hybridized carbons (Fsp3) is 0.0588. The molecule has 24 heavy (non-hydrogen) atoms. The Morgan fingerprint density at radius 1 is 1.00 bits per heavy atom. The molecule has 4 N–H and O–H groups in total. The summed E-state index contributed by atoms with van der Waals surface area (Å²) in [6.07, 6.45) is 0. The molecule has 120 valence electrons. The van der Waals surface area contributed by atoms with Gasteiger partial charge in [-0.1, -0.05) is 36.4 Å². The third kappa shape index (κ3) is 2.74. The first-order valence-corrected chi connectivity index (χ1v) is 7.12. The van der Waals surface area contributed by atoms with E-state index < -0.39 is 11.9 Å². The number of amides is 1. The number of aryl methyl sites for hydroxylation is 1. The van der Waals surface area contributed by atoms with Crippen molar-refractivity contribution in [3.05, 3.63) is 59.3 Å². The summed E-state index contributed by atoms with van der Waals surface area (Å²) in [6, 6.07) is 12.7. The number of rotatable bonds is 4. The molecule has 0 aliphatic carbocycles. The zero-order valence-electron chi connectivity index (χ0n) is 12.8. The Morgan fingerprint density at radius 3 is 2.21 bits per heavy atom. The van der Waals surface area contributed by atoms with Crippen molar-refractivity contribution in [1.29, 1.82) is 0 Å². The first-order chi connectivity index (χ1) is 11.5. The molecule has 0 spiro atoms. The van der Waals surface area contributed by atoms with Gasteiger partial charge in [-0.05, 0) is 29.7 Å². The highest BCUT2D eigenvalue weighted by molar-refractivity contribution is 5.95. The lowest BCUT2D eigenvalue weighted by Gasteiger charge is -2.07. The van der Waals surface area contributed by atoms with Crippen LogP contribution in [0.3, 0.4) is 0 Å². The molecule has 0 saturated carbocycles. The van der Waals surface area contributed by atoms with Crippen LogP contribution in [0.4, 0.5) is 0 Å². The molecule has 0 saturated heterocycles. The number of hydrogen-bond donors (Lipinski definition) is 3. The lowest BCUT2D eigenvalue weighted by molar-refractivity contribution is 0.0691. The van der Waals surface area contributed by atoms with Crippen LogP contribution in [-0.4, -0.2) is 32.4 Å².